The third-order valence-electron chi connectivity index (χ3n) is 4.20. The van der Waals surface area contributed by atoms with Crippen molar-refractivity contribution in [2.45, 2.75) is 25.9 Å². The minimum Gasteiger partial charge on any atom is -0.484 e. The number of halogens is 3. The second-order valence-corrected chi connectivity index (χ2v) is 6.82. The normalized spacial score (nSPS) is 11.6. The fraction of sp³-hybridized carbons (Fsp3) is 0.300. The Balaban J connectivity index is 2.24. The topological polar surface area (TPSA) is 58.6 Å². The molecule has 0 unspecified atom stereocenters. The molecule has 0 bridgehead atoms. The van der Waals surface area contributed by atoms with Crippen molar-refractivity contribution in [3.8, 4) is 5.75 Å². The van der Waals surface area contributed by atoms with Gasteiger partial charge in [0.15, 0.2) is 6.61 Å². The van der Waals surface area contributed by atoms with E-state index in [-0.39, 0.29) is 19.1 Å². The van der Waals surface area contributed by atoms with Gasteiger partial charge in [-0.15, -0.1) is 0 Å². The lowest BCUT2D eigenvalue weighted by molar-refractivity contribution is -0.142. The molecule has 2 aromatic rings. The van der Waals surface area contributed by atoms with Crippen molar-refractivity contribution in [3.63, 3.8) is 0 Å². The summed E-state index contributed by atoms with van der Waals surface area (Å²) >= 11 is 12.5. The minimum atomic E-state index is -0.721. The zero-order valence-electron chi connectivity index (χ0n) is 15.5. The van der Waals surface area contributed by atoms with E-state index >= 15 is 0 Å². The quantitative estimate of drug-likeness (QED) is 0.691. The summed E-state index contributed by atoms with van der Waals surface area (Å²) < 4.78 is 18.5. The Labute approximate surface area is 173 Å². The third-order valence-corrected chi connectivity index (χ3v) is 4.91. The minimum absolute atomic E-state index is 0.0516. The smallest absolute Gasteiger partial charge is 0.261 e. The lowest BCUT2D eigenvalue weighted by Crippen LogP contribution is -2.49. The number of rotatable bonds is 8. The number of carbonyl (C=O) groups is 2. The van der Waals surface area contributed by atoms with Crippen LogP contribution in [0.4, 0.5) is 4.39 Å². The van der Waals surface area contributed by atoms with Gasteiger partial charge in [0.2, 0.25) is 5.91 Å². The first kappa shape index (κ1) is 22.0. The average molecular weight is 427 g/mol. The van der Waals surface area contributed by atoms with E-state index in [0.29, 0.717) is 27.8 Å². The molecule has 0 aliphatic rings. The molecule has 0 radical (unpaired) electrons. The van der Waals surface area contributed by atoms with Crippen molar-refractivity contribution < 1.29 is 18.7 Å². The molecule has 0 fully saturated rings. The van der Waals surface area contributed by atoms with Gasteiger partial charge in [-0.2, -0.15) is 0 Å². The van der Waals surface area contributed by atoms with Gasteiger partial charge >= 0.3 is 0 Å². The van der Waals surface area contributed by atoms with Gasteiger partial charge in [-0.25, -0.2) is 4.39 Å². The van der Waals surface area contributed by atoms with E-state index < -0.39 is 17.8 Å². The van der Waals surface area contributed by atoms with Crippen LogP contribution in [0, 0.1) is 5.82 Å². The van der Waals surface area contributed by atoms with Gasteiger partial charge in [0.05, 0.1) is 0 Å². The summed E-state index contributed by atoms with van der Waals surface area (Å²) in [6.45, 7) is 1.53. The summed E-state index contributed by atoms with van der Waals surface area (Å²) in [7, 11) is 1.51. The Morgan fingerprint density at radius 2 is 1.75 bits per heavy atom. The van der Waals surface area contributed by atoms with Crippen molar-refractivity contribution in [3.05, 3.63) is 63.9 Å². The summed E-state index contributed by atoms with van der Waals surface area (Å²) in [5.74, 6) is -0.783. The molecule has 0 saturated heterocycles. The Hall–Kier alpha value is -2.31. The van der Waals surface area contributed by atoms with Crippen LogP contribution in [0.2, 0.25) is 10.0 Å². The number of carbonyl (C=O) groups excluding carboxylic acids is 2. The zero-order chi connectivity index (χ0) is 20.7. The van der Waals surface area contributed by atoms with Crippen LogP contribution in [0.25, 0.3) is 0 Å². The molecule has 2 aromatic carbocycles. The second kappa shape index (κ2) is 10.3. The number of amides is 2. The molecule has 1 N–H and O–H groups in total. The largest absolute Gasteiger partial charge is 0.484 e. The molecular weight excluding hydrogens is 406 g/mol. The monoisotopic (exact) mass is 426 g/mol. The van der Waals surface area contributed by atoms with Crippen LogP contribution < -0.4 is 10.1 Å². The second-order valence-electron chi connectivity index (χ2n) is 6.00. The van der Waals surface area contributed by atoms with Crippen LogP contribution in [0.3, 0.4) is 0 Å². The van der Waals surface area contributed by atoms with Crippen LogP contribution in [0.1, 0.15) is 18.9 Å². The first-order chi connectivity index (χ1) is 13.4. The van der Waals surface area contributed by atoms with Crippen LogP contribution in [0.5, 0.6) is 5.75 Å². The van der Waals surface area contributed by atoms with E-state index in [4.69, 9.17) is 27.9 Å². The predicted octanol–water partition coefficient (Wildman–Crippen LogP) is 4.06. The molecule has 0 aromatic heterocycles. The SMILES string of the molecule is CC[C@@H](C(=O)NC)N(Cc1c(Cl)cccc1Cl)C(=O)COc1ccc(F)cc1. The van der Waals surface area contributed by atoms with Gasteiger partial charge in [-0.05, 0) is 42.8 Å². The molecule has 150 valence electrons. The molecular formula is C20H21Cl2FN2O3. The number of benzene rings is 2. The Bertz CT molecular complexity index is 810. The summed E-state index contributed by atoms with van der Waals surface area (Å²) in [5, 5.41) is 3.36. The molecule has 0 heterocycles. The van der Waals surface area contributed by atoms with Gasteiger partial charge in [0.25, 0.3) is 5.91 Å². The zero-order valence-corrected chi connectivity index (χ0v) is 17.1. The van der Waals surface area contributed by atoms with Crippen molar-refractivity contribution in [1.82, 2.24) is 10.2 Å². The number of nitrogens with one attached hydrogen (secondary N) is 1. The van der Waals surface area contributed by atoms with Crippen LogP contribution in [-0.4, -0.2) is 36.4 Å². The first-order valence-electron chi connectivity index (χ1n) is 8.69. The van der Waals surface area contributed by atoms with E-state index in [1.54, 1.807) is 25.1 Å². The van der Waals surface area contributed by atoms with E-state index in [9.17, 15) is 14.0 Å². The highest BCUT2D eigenvalue weighted by molar-refractivity contribution is 6.36. The Kier molecular flexibility index (Phi) is 8.08. The molecule has 1 atom stereocenters. The molecule has 0 aliphatic carbocycles. The molecule has 2 rings (SSSR count). The maximum atomic E-state index is 13.0. The summed E-state index contributed by atoms with van der Waals surface area (Å²) in [6.07, 6.45) is 0.393. The van der Waals surface area contributed by atoms with Gasteiger partial charge in [0.1, 0.15) is 17.6 Å². The number of nitrogens with zero attached hydrogens (tertiary/aromatic N) is 1. The van der Waals surface area contributed by atoms with Crippen molar-refractivity contribution >= 4 is 35.0 Å². The van der Waals surface area contributed by atoms with Gasteiger partial charge in [-0.1, -0.05) is 36.2 Å². The molecule has 2 amide bonds. The maximum Gasteiger partial charge on any atom is 0.261 e. The predicted molar refractivity (Wildman–Crippen MR) is 107 cm³/mol. The summed E-state index contributed by atoms with van der Waals surface area (Å²) in [4.78, 5) is 26.6. The molecule has 0 spiro atoms. The van der Waals surface area contributed by atoms with E-state index in [1.807, 2.05) is 0 Å². The highest BCUT2D eigenvalue weighted by Crippen LogP contribution is 2.27. The number of hydrogen-bond acceptors (Lipinski definition) is 3. The van der Waals surface area contributed by atoms with E-state index in [2.05, 4.69) is 5.32 Å². The number of ether oxygens (including phenoxy) is 1. The third kappa shape index (κ3) is 5.59. The maximum absolute atomic E-state index is 13.0. The standard InChI is InChI=1S/C20H21Cl2FN2O3/c1-3-18(20(27)24-2)25(11-15-16(21)5-4-6-17(15)22)19(26)12-28-14-9-7-13(23)8-10-14/h4-10,18H,3,11-12H2,1-2H3,(H,24,27)/t18-/m0/s1. The van der Waals surface area contributed by atoms with E-state index in [1.165, 1.54) is 36.2 Å². The van der Waals surface area contributed by atoms with Crippen molar-refractivity contribution in [1.29, 1.82) is 0 Å². The van der Waals surface area contributed by atoms with Crippen molar-refractivity contribution in [2.24, 2.45) is 0 Å². The van der Waals surface area contributed by atoms with Crippen LogP contribution in [-0.2, 0) is 16.1 Å². The summed E-state index contributed by atoms with van der Waals surface area (Å²) in [6, 6.07) is 9.64. The van der Waals surface area contributed by atoms with Crippen LogP contribution in [0.15, 0.2) is 42.5 Å². The highest BCUT2D eigenvalue weighted by atomic mass is 35.5. The molecule has 5 nitrogen and oxygen atoms in total. The fourth-order valence-electron chi connectivity index (χ4n) is 2.70. The van der Waals surface area contributed by atoms with E-state index in [0.717, 1.165) is 0 Å². The molecule has 0 aliphatic heterocycles. The lowest BCUT2D eigenvalue weighted by atomic mass is 10.1. The number of likely N-dealkylation sites (N-methyl/N-ethyl adjacent to an activating group) is 1. The first-order valence-corrected chi connectivity index (χ1v) is 9.45. The Morgan fingerprint density at radius 1 is 1.14 bits per heavy atom. The summed E-state index contributed by atoms with van der Waals surface area (Å²) in [5.41, 5.74) is 0.545. The van der Waals surface area contributed by atoms with Crippen LogP contribution >= 0.6 is 23.2 Å². The molecule has 8 heteroatoms. The van der Waals surface area contributed by atoms with Gasteiger partial charge < -0.3 is 15.0 Å². The highest BCUT2D eigenvalue weighted by Gasteiger charge is 2.29. The molecule has 0 saturated carbocycles. The number of hydrogen-bond donors (Lipinski definition) is 1. The van der Waals surface area contributed by atoms with Gasteiger partial charge in [-0.3, -0.25) is 9.59 Å². The molecule has 28 heavy (non-hydrogen) atoms. The van der Waals surface area contributed by atoms with Gasteiger partial charge in [0, 0.05) is 29.2 Å². The Morgan fingerprint density at radius 3 is 2.29 bits per heavy atom. The average Bonchev–Trinajstić information content (AvgIpc) is 2.69. The van der Waals surface area contributed by atoms with Crippen molar-refractivity contribution in [2.75, 3.05) is 13.7 Å². The fourth-order valence-corrected chi connectivity index (χ4v) is 3.22. The lowest BCUT2D eigenvalue weighted by Gasteiger charge is -2.30.